The summed E-state index contributed by atoms with van der Waals surface area (Å²) in [4.78, 5) is 31.0. The monoisotopic (exact) mass is 290 g/mol. The Kier molecular flexibility index (Phi) is 3.40. The van der Waals surface area contributed by atoms with Crippen LogP contribution in [-0.2, 0) is 0 Å². The first-order valence-electron chi connectivity index (χ1n) is 7.08. The minimum absolute atomic E-state index is 0.0966. The molecular weight excluding hydrogens is 272 g/mol. The third-order valence-electron chi connectivity index (χ3n) is 4.27. The number of likely N-dealkylation sites (tertiary alicyclic amines) is 1. The number of carbonyl (C=O) groups excluding carboxylic acids is 1. The first-order valence-corrected chi connectivity index (χ1v) is 7.08. The molecular formula is C14H18N4O3. The number of fused-ring (bicyclic) bond motifs is 2. The second-order valence-corrected chi connectivity index (χ2v) is 5.61. The van der Waals surface area contributed by atoms with Crippen molar-refractivity contribution in [2.24, 2.45) is 0 Å². The van der Waals surface area contributed by atoms with Gasteiger partial charge in [-0.3, -0.25) is 9.69 Å². The van der Waals surface area contributed by atoms with Gasteiger partial charge in [-0.15, -0.1) is 0 Å². The summed E-state index contributed by atoms with van der Waals surface area (Å²) < 4.78 is 0. The summed E-state index contributed by atoms with van der Waals surface area (Å²) in [7, 11) is 0. The summed E-state index contributed by atoms with van der Waals surface area (Å²) in [5.41, 5.74) is 6.02. The third kappa shape index (κ3) is 2.51. The van der Waals surface area contributed by atoms with Crippen molar-refractivity contribution in [3.05, 3.63) is 23.9 Å². The third-order valence-corrected chi connectivity index (χ3v) is 4.27. The van der Waals surface area contributed by atoms with Crippen LogP contribution in [0.3, 0.4) is 0 Å². The molecule has 2 atom stereocenters. The SMILES string of the molecule is Nc1ccc(C(=O)N2CC3CCCC(C2)N3C(=O)O)cn1. The van der Waals surface area contributed by atoms with Crippen LogP contribution in [0.5, 0.6) is 0 Å². The van der Waals surface area contributed by atoms with E-state index in [9.17, 15) is 14.7 Å². The fourth-order valence-corrected chi connectivity index (χ4v) is 3.30. The molecule has 0 spiro atoms. The van der Waals surface area contributed by atoms with Crippen molar-refractivity contribution in [2.45, 2.75) is 31.3 Å². The van der Waals surface area contributed by atoms with Crippen molar-refractivity contribution in [2.75, 3.05) is 18.8 Å². The maximum Gasteiger partial charge on any atom is 0.407 e. The lowest BCUT2D eigenvalue weighted by molar-refractivity contribution is 0.00368. The molecule has 112 valence electrons. The molecule has 2 unspecified atom stereocenters. The average molecular weight is 290 g/mol. The molecule has 2 fully saturated rings. The van der Waals surface area contributed by atoms with Gasteiger partial charge in [0.05, 0.1) is 17.6 Å². The molecule has 2 bridgehead atoms. The summed E-state index contributed by atoms with van der Waals surface area (Å²) in [6, 6.07) is 3.06. The number of nitrogens with two attached hydrogens (primary N) is 1. The van der Waals surface area contributed by atoms with Gasteiger partial charge in [0, 0.05) is 19.3 Å². The van der Waals surface area contributed by atoms with E-state index in [4.69, 9.17) is 5.73 Å². The van der Waals surface area contributed by atoms with E-state index in [1.165, 1.54) is 11.1 Å². The minimum Gasteiger partial charge on any atom is -0.465 e. The Hall–Kier alpha value is -2.31. The zero-order valence-corrected chi connectivity index (χ0v) is 11.6. The van der Waals surface area contributed by atoms with E-state index < -0.39 is 6.09 Å². The lowest BCUT2D eigenvalue weighted by Crippen LogP contribution is -2.63. The zero-order valence-electron chi connectivity index (χ0n) is 11.6. The number of carbonyl (C=O) groups is 2. The maximum atomic E-state index is 12.5. The van der Waals surface area contributed by atoms with Crippen molar-refractivity contribution in [1.29, 1.82) is 0 Å². The Bertz CT molecular complexity index is 546. The second-order valence-electron chi connectivity index (χ2n) is 5.61. The molecule has 0 aliphatic carbocycles. The molecule has 0 saturated carbocycles. The number of anilines is 1. The Balaban J connectivity index is 1.78. The highest BCUT2D eigenvalue weighted by Gasteiger charge is 2.41. The number of piperidine rings is 1. The van der Waals surface area contributed by atoms with Crippen LogP contribution in [0.25, 0.3) is 0 Å². The summed E-state index contributed by atoms with van der Waals surface area (Å²) in [5.74, 6) is 0.267. The van der Waals surface area contributed by atoms with Crippen LogP contribution in [0.2, 0.25) is 0 Å². The van der Waals surface area contributed by atoms with Crippen molar-refractivity contribution in [3.8, 4) is 0 Å². The predicted molar refractivity (Wildman–Crippen MR) is 75.8 cm³/mol. The van der Waals surface area contributed by atoms with Gasteiger partial charge in [-0.05, 0) is 31.4 Å². The Morgan fingerprint density at radius 2 is 1.90 bits per heavy atom. The molecule has 3 N–H and O–H groups in total. The number of amides is 2. The molecule has 2 aliphatic heterocycles. The smallest absolute Gasteiger partial charge is 0.407 e. The topological polar surface area (TPSA) is 99.8 Å². The largest absolute Gasteiger partial charge is 0.465 e. The van der Waals surface area contributed by atoms with Gasteiger partial charge in [0.25, 0.3) is 5.91 Å². The van der Waals surface area contributed by atoms with Crippen LogP contribution >= 0.6 is 0 Å². The first kappa shape index (κ1) is 13.7. The van der Waals surface area contributed by atoms with Gasteiger partial charge in [0.15, 0.2) is 0 Å². The maximum absolute atomic E-state index is 12.5. The Labute approximate surface area is 122 Å². The molecule has 1 aromatic heterocycles. The van der Waals surface area contributed by atoms with Gasteiger partial charge in [0.1, 0.15) is 5.82 Å². The zero-order chi connectivity index (χ0) is 15.0. The number of pyridine rings is 1. The highest BCUT2D eigenvalue weighted by Crippen LogP contribution is 2.29. The quantitative estimate of drug-likeness (QED) is 0.804. The standard InChI is InChI=1S/C14H18N4O3/c15-12-5-4-9(6-16-12)13(19)17-7-10-2-1-3-11(8-17)18(10)14(20)21/h4-6,10-11H,1-3,7-8H2,(H2,15,16)(H,20,21). The van der Waals surface area contributed by atoms with Crippen LogP contribution < -0.4 is 5.73 Å². The van der Waals surface area contributed by atoms with Gasteiger partial charge in [-0.1, -0.05) is 0 Å². The van der Waals surface area contributed by atoms with E-state index in [2.05, 4.69) is 4.98 Å². The van der Waals surface area contributed by atoms with Crippen LogP contribution in [0.1, 0.15) is 29.6 Å². The van der Waals surface area contributed by atoms with Crippen LogP contribution in [0, 0.1) is 0 Å². The van der Waals surface area contributed by atoms with Gasteiger partial charge in [-0.2, -0.15) is 0 Å². The van der Waals surface area contributed by atoms with E-state index in [0.29, 0.717) is 24.5 Å². The number of rotatable bonds is 1. The van der Waals surface area contributed by atoms with Crippen LogP contribution in [-0.4, -0.2) is 57.1 Å². The van der Waals surface area contributed by atoms with Crippen LogP contribution in [0.15, 0.2) is 18.3 Å². The van der Waals surface area contributed by atoms with Gasteiger partial charge >= 0.3 is 6.09 Å². The lowest BCUT2D eigenvalue weighted by Gasteiger charge is -2.48. The van der Waals surface area contributed by atoms with E-state index in [0.717, 1.165) is 19.3 Å². The molecule has 3 heterocycles. The number of hydrogen-bond acceptors (Lipinski definition) is 4. The Morgan fingerprint density at radius 1 is 1.24 bits per heavy atom. The summed E-state index contributed by atoms with van der Waals surface area (Å²) in [6.45, 7) is 0.901. The van der Waals surface area contributed by atoms with Gasteiger partial charge in [-0.25, -0.2) is 9.78 Å². The van der Waals surface area contributed by atoms with Gasteiger partial charge < -0.3 is 15.7 Å². The minimum atomic E-state index is -0.883. The summed E-state index contributed by atoms with van der Waals surface area (Å²) >= 11 is 0. The van der Waals surface area contributed by atoms with E-state index in [1.807, 2.05) is 0 Å². The second kappa shape index (κ2) is 5.23. The molecule has 7 nitrogen and oxygen atoms in total. The van der Waals surface area contributed by atoms with Crippen molar-refractivity contribution >= 4 is 17.8 Å². The number of carboxylic acid groups (broad SMARTS) is 1. The van der Waals surface area contributed by atoms with E-state index >= 15 is 0 Å². The molecule has 0 aromatic carbocycles. The van der Waals surface area contributed by atoms with Crippen molar-refractivity contribution < 1.29 is 14.7 Å². The molecule has 2 aliphatic rings. The van der Waals surface area contributed by atoms with E-state index in [-0.39, 0.29) is 18.0 Å². The first-order chi connectivity index (χ1) is 10.1. The highest BCUT2D eigenvalue weighted by atomic mass is 16.4. The molecule has 7 heteroatoms. The molecule has 1 aromatic rings. The number of piperazine rings is 1. The molecule has 2 amide bonds. The molecule has 0 radical (unpaired) electrons. The lowest BCUT2D eigenvalue weighted by atomic mass is 9.91. The van der Waals surface area contributed by atoms with Crippen molar-refractivity contribution in [3.63, 3.8) is 0 Å². The summed E-state index contributed by atoms with van der Waals surface area (Å²) in [6.07, 6.45) is 3.23. The number of aromatic nitrogens is 1. The molecule has 21 heavy (non-hydrogen) atoms. The van der Waals surface area contributed by atoms with Crippen LogP contribution in [0.4, 0.5) is 10.6 Å². The number of hydrogen-bond donors (Lipinski definition) is 2. The normalized spacial score (nSPS) is 24.8. The number of nitrogens with zero attached hydrogens (tertiary/aromatic N) is 3. The number of nitrogen functional groups attached to an aromatic ring is 1. The predicted octanol–water partition coefficient (Wildman–Crippen LogP) is 1.02. The molecule has 3 rings (SSSR count). The van der Waals surface area contributed by atoms with Crippen molar-refractivity contribution in [1.82, 2.24) is 14.8 Å². The van der Waals surface area contributed by atoms with E-state index in [1.54, 1.807) is 17.0 Å². The average Bonchev–Trinajstić information content (AvgIpc) is 2.45. The Morgan fingerprint density at radius 3 is 2.43 bits per heavy atom. The van der Waals surface area contributed by atoms with Gasteiger partial charge in [0.2, 0.25) is 0 Å². The summed E-state index contributed by atoms with van der Waals surface area (Å²) in [5, 5.41) is 9.32. The highest BCUT2D eigenvalue weighted by molar-refractivity contribution is 5.94. The fraction of sp³-hybridized carbons (Fsp3) is 0.500. The fourth-order valence-electron chi connectivity index (χ4n) is 3.30. The molecule has 2 saturated heterocycles.